The van der Waals surface area contributed by atoms with Gasteiger partial charge in [0.1, 0.15) is 0 Å². The van der Waals surface area contributed by atoms with E-state index in [9.17, 15) is 9.59 Å². The number of carbonyl (C=O) groups excluding carboxylic acids is 2. The first-order chi connectivity index (χ1) is 4.31. The van der Waals surface area contributed by atoms with Gasteiger partial charge < -0.3 is 0 Å². The average Bonchev–Trinajstić information content (AvgIpc) is 1.89. The van der Waals surface area contributed by atoms with E-state index in [1.807, 2.05) is 5.43 Å². The van der Waals surface area contributed by atoms with Crippen LogP contribution in [-0.4, -0.2) is 24.9 Å². The zero-order valence-corrected chi connectivity index (χ0v) is 4.81. The fraction of sp³-hybridized carbons (Fsp3) is 0.333. The van der Waals surface area contributed by atoms with E-state index >= 15 is 0 Å². The Morgan fingerprint density at radius 2 is 2.22 bits per heavy atom. The van der Waals surface area contributed by atoms with Crippen LogP contribution in [0.1, 0.15) is 0 Å². The largest absolute Gasteiger partial charge is 0.277 e. The first-order valence-electron chi connectivity index (χ1n) is 2.09. The predicted molar refractivity (Wildman–Crippen MR) is 27.9 cm³/mol. The standard InChI is InChI=1S/C3H6N4O2/c1-7(3-9)6-5-4-2-8/h2-3H,1H3,(H,4,6,8). The molecule has 6 heteroatoms. The van der Waals surface area contributed by atoms with E-state index in [1.165, 1.54) is 7.05 Å². The van der Waals surface area contributed by atoms with Crippen LogP contribution in [0, 0.1) is 0 Å². The molecule has 0 aliphatic heterocycles. The summed E-state index contributed by atoms with van der Waals surface area (Å²) >= 11 is 0. The van der Waals surface area contributed by atoms with Gasteiger partial charge in [0.05, 0.1) is 0 Å². The van der Waals surface area contributed by atoms with E-state index < -0.39 is 0 Å². The van der Waals surface area contributed by atoms with E-state index in [4.69, 9.17) is 0 Å². The summed E-state index contributed by atoms with van der Waals surface area (Å²) in [4.78, 5) is 19.3. The highest BCUT2D eigenvalue weighted by atomic mass is 16.2. The highest BCUT2D eigenvalue weighted by molar-refractivity contribution is 5.46. The molecule has 9 heavy (non-hydrogen) atoms. The Bertz CT molecular complexity index is 123. The van der Waals surface area contributed by atoms with Gasteiger partial charge in [0, 0.05) is 7.05 Å². The predicted octanol–water partition coefficient (Wildman–Crippen LogP) is -0.897. The summed E-state index contributed by atoms with van der Waals surface area (Å²) in [5.74, 6) is 0. The van der Waals surface area contributed by atoms with Crippen molar-refractivity contribution in [3.63, 3.8) is 0 Å². The Labute approximate surface area is 51.5 Å². The molecule has 0 aromatic carbocycles. The molecule has 0 aromatic rings. The SMILES string of the molecule is CN(C=O)N=NNC=O. The monoisotopic (exact) mass is 130 g/mol. The summed E-state index contributed by atoms with van der Waals surface area (Å²) in [5, 5.41) is 7.16. The third-order valence-electron chi connectivity index (χ3n) is 0.449. The second kappa shape index (κ2) is 4.69. The van der Waals surface area contributed by atoms with E-state index in [0.717, 1.165) is 5.01 Å². The molecule has 0 rings (SSSR count). The lowest BCUT2D eigenvalue weighted by Gasteiger charge is -1.95. The normalized spacial score (nSPS) is 9.00. The summed E-state index contributed by atoms with van der Waals surface area (Å²) in [5.41, 5.74) is 1.89. The fourth-order valence-electron chi connectivity index (χ4n) is 0.141. The minimum Gasteiger partial charge on any atom is -0.277 e. The zero-order valence-electron chi connectivity index (χ0n) is 4.81. The number of amides is 2. The van der Waals surface area contributed by atoms with Crippen molar-refractivity contribution in [2.45, 2.75) is 0 Å². The summed E-state index contributed by atoms with van der Waals surface area (Å²) in [7, 11) is 1.39. The lowest BCUT2D eigenvalue weighted by atomic mass is 11.2. The van der Waals surface area contributed by atoms with Gasteiger partial charge in [-0.05, 0) is 10.4 Å². The van der Waals surface area contributed by atoms with Crippen LogP contribution in [0.4, 0.5) is 0 Å². The number of hydrogen-bond donors (Lipinski definition) is 1. The number of rotatable bonds is 4. The van der Waals surface area contributed by atoms with E-state index in [-0.39, 0.29) is 0 Å². The second-order valence-electron chi connectivity index (χ2n) is 1.12. The molecule has 0 unspecified atom stereocenters. The molecule has 0 aliphatic carbocycles. The smallest absolute Gasteiger partial charge is 0.231 e. The number of hydrogen-bond acceptors (Lipinski definition) is 4. The van der Waals surface area contributed by atoms with Gasteiger partial charge in [-0.25, -0.2) is 10.4 Å². The van der Waals surface area contributed by atoms with Crippen molar-refractivity contribution >= 4 is 12.8 Å². The molecule has 0 saturated carbocycles. The van der Waals surface area contributed by atoms with Crippen molar-refractivity contribution in [1.29, 1.82) is 0 Å². The Morgan fingerprint density at radius 3 is 2.67 bits per heavy atom. The van der Waals surface area contributed by atoms with Crippen LogP contribution in [0.2, 0.25) is 0 Å². The summed E-state index contributed by atoms with van der Waals surface area (Å²) in [6.45, 7) is 0. The Hall–Kier alpha value is -1.46. The topological polar surface area (TPSA) is 74.1 Å². The van der Waals surface area contributed by atoms with E-state index in [1.54, 1.807) is 0 Å². The van der Waals surface area contributed by atoms with Gasteiger partial charge in [-0.1, -0.05) is 0 Å². The maximum atomic E-state index is 9.76. The minimum absolute atomic E-state index is 0.349. The van der Waals surface area contributed by atoms with Crippen molar-refractivity contribution < 1.29 is 9.59 Å². The molecule has 0 fully saturated rings. The molecule has 0 saturated heterocycles. The molecule has 0 atom stereocenters. The second-order valence-corrected chi connectivity index (χ2v) is 1.12. The zero-order chi connectivity index (χ0) is 7.11. The van der Waals surface area contributed by atoms with Gasteiger partial charge >= 0.3 is 0 Å². The number of nitrogens with one attached hydrogen (secondary N) is 1. The molecule has 2 amide bonds. The first-order valence-corrected chi connectivity index (χ1v) is 2.09. The molecule has 0 radical (unpaired) electrons. The molecule has 0 heterocycles. The van der Waals surface area contributed by atoms with Gasteiger partial charge in [0.2, 0.25) is 12.8 Å². The molecule has 1 N–H and O–H groups in total. The highest BCUT2D eigenvalue weighted by Crippen LogP contribution is 1.73. The van der Waals surface area contributed by atoms with Gasteiger partial charge in [-0.2, -0.15) is 0 Å². The molecule has 50 valence electrons. The maximum absolute atomic E-state index is 9.76. The average molecular weight is 130 g/mol. The van der Waals surface area contributed by atoms with Gasteiger partial charge in [0.25, 0.3) is 0 Å². The van der Waals surface area contributed by atoms with Crippen LogP contribution in [0.15, 0.2) is 10.4 Å². The molecular formula is C3H6N4O2. The maximum Gasteiger partial charge on any atom is 0.231 e. The Kier molecular flexibility index (Phi) is 3.93. The highest BCUT2D eigenvalue weighted by Gasteiger charge is 1.81. The summed E-state index contributed by atoms with van der Waals surface area (Å²) < 4.78 is 0. The van der Waals surface area contributed by atoms with Crippen molar-refractivity contribution in [3.8, 4) is 0 Å². The fourth-order valence-corrected chi connectivity index (χ4v) is 0.141. The summed E-state index contributed by atoms with van der Waals surface area (Å²) in [6, 6.07) is 0. The first kappa shape index (κ1) is 7.54. The van der Waals surface area contributed by atoms with Crippen LogP contribution in [0.25, 0.3) is 0 Å². The summed E-state index contributed by atoms with van der Waals surface area (Å²) in [6.07, 6.45) is 0.804. The van der Waals surface area contributed by atoms with Crippen molar-refractivity contribution in [3.05, 3.63) is 0 Å². The van der Waals surface area contributed by atoms with Crippen LogP contribution in [-0.2, 0) is 9.59 Å². The molecule has 0 aromatic heterocycles. The third kappa shape index (κ3) is 4.39. The van der Waals surface area contributed by atoms with Crippen molar-refractivity contribution in [1.82, 2.24) is 10.4 Å². The number of carbonyl (C=O) groups is 2. The van der Waals surface area contributed by atoms with Gasteiger partial charge in [-0.3, -0.25) is 9.59 Å². The molecule has 0 aliphatic rings. The van der Waals surface area contributed by atoms with Crippen LogP contribution in [0.5, 0.6) is 0 Å². The Balaban J connectivity index is 3.42. The molecule has 6 nitrogen and oxygen atoms in total. The van der Waals surface area contributed by atoms with Gasteiger partial charge in [-0.15, -0.1) is 0 Å². The van der Waals surface area contributed by atoms with Crippen LogP contribution >= 0.6 is 0 Å². The van der Waals surface area contributed by atoms with E-state index in [2.05, 4.69) is 10.4 Å². The quantitative estimate of drug-likeness (QED) is 0.304. The Morgan fingerprint density at radius 1 is 1.56 bits per heavy atom. The third-order valence-corrected chi connectivity index (χ3v) is 0.449. The molecule has 0 spiro atoms. The lowest BCUT2D eigenvalue weighted by Crippen LogP contribution is -2.08. The molecule has 0 bridgehead atoms. The van der Waals surface area contributed by atoms with Gasteiger partial charge in [0.15, 0.2) is 0 Å². The molecular weight excluding hydrogens is 124 g/mol. The van der Waals surface area contributed by atoms with E-state index in [0.29, 0.717) is 12.8 Å². The van der Waals surface area contributed by atoms with Crippen LogP contribution < -0.4 is 5.43 Å². The van der Waals surface area contributed by atoms with Crippen molar-refractivity contribution in [2.24, 2.45) is 10.4 Å². The van der Waals surface area contributed by atoms with Crippen LogP contribution in [0.3, 0.4) is 0 Å². The minimum atomic E-state index is 0.349. The van der Waals surface area contributed by atoms with Crippen molar-refractivity contribution in [2.75, 3.05) is 7.05 Å². The number of nitrogens with zero attached hydrogens (tertiary/aromatic N) is 3. The lowest BCUT2D eigenvalue weighted by molar-refractivity contribution is -0.117.